The largest absolute Gasteiger partial charge is 0.364 e. The predicted octanol–water partition coefficient (Wildman–Crippen LogP) is 4.78. The summed E-state index contributed by atoms with van der Waals surface area (Å²) in [5.74, 6) is -2.79. The van der Waals surface area contributed by atoms with E-state index in [4.69, 9.17) is 4.74 Å². The first-order valence-corrected chi connectivity index (χ1v) is 11.8. The Balaban J connectivity index is 1.72. The Hall–Kier alpha value is -3.79. The van der Waals surface area contributed by atoms with Crippen molar-refractivity contribution < 1.29 is 17.9 Å². The van der Waals surface area contributed by atoms with Crippen LogP contribution in [0.25, 0.3) is 22.2 Å². The summed E-state index contributed by atoms with van der Waals surface area (Å²) in [7, 11) is 1.58. The van der Waals surface area contributed by atoms with Crippen LogP contribution in [0.3, 0.4) is 0 Å². The van der Waals surface area contributed by atoms with E-state index in [1.807, 2.05) is 37.8 Å². The first-order chi connectivity index (χ1) is 17.4. The van der Waals surface area contributed by atoms with Crippen molar-refractivity contribution in [1.29, 1.82) is 0 Å². The molecular formula is C27H26F3N5O2. The fourth-order valence-electron chi connectivity index (χ4n) is 4.72. The number of aromatic nitrogens is 4. The Morgan fingerprint density at radius 1 is 1.03 bits per heavy atom. The number of benzene rings is 1. The Labute approximate surface area is 211 Å². The number of fused-ring (bicyclic) bond motifs is 1. The second-order valence-corrected chi connectivity index (χ2v) is 9.97. The van der Waals surface area contributed by atoms with Gasteiger partial charge in [0.1, 0.15) is 34.8 Å². The van der Waals surface area contributed by atoms with E-state index in [9.17, 15) is 18.0 Å². The van der Waals surface area contributed by atoms with Crippen LogP contribution < -0.4 is 10.5 Å². The zero-order chi connectivity index (χ0) is 26.6. The molecule has 1 saturated heterocycles. The second kappa shape index (κ2) is 8.95. The Bertz CT molecular complexity index is 1600. The molecule has 4 heterocycles. The number of nitrogens with zero attached hydrogens (tertiary/aromatic N) is 5. The van der Waals surface area contributed by atoms with Gasteiger partial charge in [-0.25, -0.2) is 23.1 Å². The molecule has 1 aliphatic rings. The van der Waals surface area contributed by atoms with E-state index in [1.165, 1.54) is 4.57 Å². The summed E-state index contributed by atoms with van der Waals surface area (Å²) in [5.41, 5.74) is 0.630. The monoisotopic (exact) mass is 509 g/mol. The van der Waals surface area contributed by atoms with E-state index in [0.29, 0.717) is 30.8 Å². The Morgan fingerprint density at radius 3 is 2.49 bits per heavy atom. The third kappa shape index (κ3) is 4.57. The molecule has 3 aromatic heterocycles. The molecule has 0 N–H and O–H groups in total. The average Bonchev–Trinajstić information content (AvgIpc) is 2.83. The molecule has 1 aromatic carbocycles. The van der Waals surface area contributed by atoms with Crippen molar-refractivity contribution in [3.05, 3.63) is 81.4 Å². The van der Waals surface area contributed by atoms with Gasteiger partial charge < -0.3 is 9.64 Å². The van der Waals surface area contributed by atoms with Crippen molar-refractivity contribution in [3.63, 3.8) is 0 Å². The van der Waals surface area contributed by atoms with Crippen molar-refractivity contribution in [2.75, 3.05) is 18.0 Å². The van der Waals surface area contributed by atoms with Crippen LogP contribution in [0.1, 0.15) is 37.0 Å². The number of pyridine rings is 2. The maximum Gasteiger partial charge on any atom is 0.261 e. The molecular weight excluding hydrogens is 483 g/mol. The molecule has 0 amide bonds. The molecule has 1 fully saturated rings. The first-order valence-electron chi connectivity index (χ1n) is 11.8. The summed E-state index contributed by atoms with van der Waals surface area (Å²) in [4.78, 5) is 28.6. The van der Waals surface area contributed by atoms with E-state index in [-0.39, 0.29) is 33.8 Å². The van der Waals surface area contributed by atoms with Crippen molar-refractivity contribution >= 4 is 16.7 Å². The number of rotatable bonds is 3. The van der Waals surface area contributed by atoms with Gasteiger partial charge in [0.05, 0.1) is 11.0 Å². The van der Waals surface area contributed by atoms with Crippen LogP contribution in [-0.2, 0) is 11.8 Å². The van der Waals surface area contributed by atoms with Gasteiger partial charge in [-0.3, -0.25) is 14.3 Å². The summed E-state index contributed by atoms with van der Waals surface area (Å²) in [6.07, 6.45) is 1.39. The highest BCUT2D eigenvalue weighted by Gasteiger charge is 2.35. The summed E-state index contributed by atoms with van der Waals surface area (Å²) >= 11 is 0. The highest BCUT2D eigenvalue weighted by molar-refractivity contribution is 5.93. The van der Waals surface area contributed by atoms with Gasteiger partial charge in [0.2, 0.25) is 0 Å². The lowest BCUT2D eigenvalue weighted by Gasteiger charge is -2.43. The molecule has 192 valence electrons. The Morgan fingerprint density at radius 2 is 1.76 bits per heavy atom. The minimum Gasteiger partial charge on any atom is -0.364 e. The van der Waals surface area contributed by atoms with Gasteiger partial charge in [0.25, 0.3) is 5.56 Å². The molecule has 4 aromatic rings. The fraction of sp³-hybridized carbons (Fsp3) is 0.333. The second-order valence-electron chi connectivity index (χ2n) is 9.97. The molecule has 0 aliphatic carbocycles. The average molecular weight is 510 g/mol. The van der Waals surface area contributed by atoms with Crippen LogP contribution in [0.4, 0.5) is 19.0 Å². The van der Waals surface area contributed by atoms with Crippen molar-refractivity contribution in [2.24, 2.45) is 7.05 Å². The third-order valence-electron chi connectivity index (χ3n) is 6.57. The van der Waals surface area contributed by atoms with Gasteiger partial charge in [-0.2, -0.15) is 0 Å². The lowest BCUT2D eigenvalue weighted by atomic mass is 10.0. The number of anilines is 1. The topological polar surface area (TPSA) is 73.1 Å². The lowest BCUT2D eigenvalue weighted by Crippen LogP contribution is -2.50. The van der Waals surface area contributed by atoms with Crippen molar-refractivity contribution in [1.82, 2.24) is 19.5 Å². The molecule has 0 bridgehead atoms. The quantitative estimate of drug-likeness (QED) is 0.370. The highest BCUT2D eigenvalue weighted by atomic mass is 19.2. The van der Waals surface area contributed by atoms with Gasteiger partial charge in [-0.05, 0) is 57.5 Å². The number of aryl methyl sites for hydroxylation is 2. The minimum absolute atomic E-state index is 0.0368. The molecule has 0 radical (unpaired) electrons. The number of hydrogen-bond acceptors (Lipinski definition) is 6. The molecule has 10 heteroatoms. The molecule has 0 saturated carbocycles. The number of halogens is 3. The zero-order valence-corrected chi connectivity index (χ0v) is 21.1. The van der Waals surface area contributed by atoms with Crippen LogP contribution in [0.15, 0.2) is 41.3 Å². The summed E-state index contributed by atoms with van der Waals surface area (Å²) < 4.78 is 50.6. The Kier molecular flexibility index (Phi) is 6.02. The van der Waals surface area contributed by atoms with Crippen LogP contribution in [0.2, 0.25) is 0 Å². The van der Waals surface area contributed by atoms with Gasteiger partial charge in [-0.1, -0.05) is 0 Å². The molecule has 1 aliphatic heterocycles. The number of ether oxygens (including phenoxy) is 1. The standard InChI is InChI=1S/C27H26F3N5O2/c1-14-8-16(6-7-31-14)22-12-35(13-27(3,4)37-22)23-10-18-25(32-15(2)34(5)26(18)36)24(33-23)17-9-20(29)21(30)11-19(17)28/h6-11,22H,12-13H2,1-5H3. The van der Waals surface area contributed by atoms with Gasteiger partial charge in [-0.15, -0.1) is 0 Å². The summed E-state index contributed by atoms with van der Waals surface area (Å²) in [5, 5.41) is 0.192. The highest BCUT2D eigenvalue weighted by Crippen LogP contribution is 2.36. The van der Waals surface area contributed by atoms with Crippen LogP contribution >= 0.6 is 0 Å². The molecule has 37 heavy (non-hydrogen) atoms. The van der Waals surface area contributed by atoms with Crippen LogP contribution in [-0.4, -0.2) is 38.2 Å². The summed E-state index contributed by atoms with van der Waals surface area (Å²) in [6.45, 7) is 8.23. The maximum absolute atomic E-state index is 14.9. The SMILES string of the molecule is Cc1cc(C2CN(c3cc4c(=O)n(C)c(C)nc4c(-c4cc(F)c(F)cc4F)n3)CC(C)(C)O2)ccn1. The molecule has 7 nitrogen and oxygen atoms in total. The third-order valence-corrected chi connectivity index (χ3v) is 6.57. The van der Waals surface area contributed by atoms with E-state index >= 15 is 0 Å². The van der Waals surface area contributed by atoms with Gasteiger partial charge >= 0.3 is 0 Å². The van der Waals surface area contributed by atoms with Crippen molar-refractivity contribution in [3.8, 4) is 11.3 Å². The maximum atomic E-state index is 14.9. The molecule has 1 unspecified atom stereocenters. The van der Waals surface area contributed by atoms with Crippen LogP contribution in [0.5, 0.6) is 0 Å². The van der Waals surface area contributed by atoms with Gasteiger partial charge in [0.15, 0.2) is 11.6 Å². The number of hydrogen-bond donors (Lipinski definition) is 0. The predicted molar refractivity (Wildman–Crippen MR) is 134 cm³/mol. The normalized spacial score (nSPS) is 17.4. The van der Waals surface area contributed by atoms with E-state index < -0.39 is 23.1 Å². The molecule has 5 rings (SSSR count). The van der Waals surface area contributed by atoms with E-state index in [2.05, 4.69) is 15.0 Å². The van der Waals surface area contributed by atoms with Crippen molar-refractivity contribution in [2.45, 2.75) is 39.4 Å². The summed E-state index contributed by atoms with van der Waals surface area (Å²) in [6, 6.07) is 6.66. The number of morpholine rings is 1. The van der Waals surface area contributed by atoms with E-state index in [0.717, 1.165) is 17.3 Å². The first kappa shape index (κ1) is 24.9. The minimum atomic E-state index is -1.31. The zero-order valence-electron chi connectivity index (χ0n) is 21.1. The fourth-order valence-corrected chi connectivity index (χ4v) is 4.72. The molecule has 0 spiro atoms. The lowest BCUT2D eigenvalue weighted by molar-refractivity contribution is -0.0857. The van der Waals surface area contributed by atoms with Gasteiger partial charge in [0, 0.05) is 43.7 Å². The van der Waals surface area contributed by atoms with Crippen LogP contribution in [0, 0.1) is 31.3 Å². The smallest absolute Gasteiger partial charge is 0.261 e. The molecule has 1 atom stereocenters. The van der Waals surface area contributed by atoms with E-state index in [1.54, 1.807) is 26.2 Å².